The van der Waals surface area contributed by atoms with Gasteiger partial charge in [-0.3, -0.25) is 9.69 Å². The van der Waals surface area contributed by atoms with E-state index in [4.69, 9.17) is 0 Å². The molecule has 3 N–H and O–H groups in total. The molecule has 1 amide bonds. The zero-order chi connectivity index (χ0) is 26.4. The molecule has 0 radical (unpaired) electrons. The Hall–Kier alpha value is -3.64. The first-order chi connectivity index (χ1) is 17.8. The van der Waals surface area contributed by atoms with E-state index in [0.29, 0.717) is 30.4 Å². The van der Waals surface area contributed by atoms with Gasteiger partial charge in [-0.2, -0.15) is 0 Å². The van der Waals surface area contributed by atoms with Gasteiger partial charge in [0.05, 0.1) is 5.92 Å². The molecule has 1 aliphatic rings. The van der Waals surface area contributed by atoms with Crippen LogP contribution in [0.25, 0.3) is 0 Å². The van der Waals surface area contributed by atoms with Crippen LogP contribution >= 0.6 is 0 Å². The maximum absolute atomic E-state index is 13.7. The molecule has 37 heavy (non-hydrogen) atoms. The number of benzene rings is 3. The van der Waals surface area contributed by atoms with Gasteiger partial charge in [0.15, 0.2) is 6.04 Å². The van der Waals surface area contributed by atoms with E-state index >= 15 is 0 Å². The average Bonchev–Trinajstić information content (AvgIpc) is 2.90. The van der Waals surface area contributed by atoms with Crippen molar-refractivity contribution in [3.63, 3.8) is 0 Å². The van der Waals surface area contributed by atoms with E-state index in [1.807, 2.05) is 54.6 Å². The molecule has 0 spiro atoms. The topological polar surface area (TPSA) is 89.9 Å². The van der Waals surface area contributed by atoms with Crippen molar-refractivity contribution in [2.24, 2.45) is 17.8 Å². The molecular weight excluding hydrogens is 464 g/mol. The third kappa shape index (κ3) is 6.57. The summed E-state index contributed by atoms with van der Waals surface area (Å²) in [6, 6.07) is 25.0. The van der Waals surface area contributed by atoms with Crippen LogP contribution in [0.15, 0.2) is 84.9 Å². The minimum atomic E-state index is -1.12. The number of piperidine rings is 1. The van der Waals surface area contributed by atoms with E-state index in [0.717, 1.165) is 24.1 Å². The van der Waals surface area contributed by atoms with Crippen molar-refractivity contribution in [1.29, 1.82) is 0 Å². The lowest BCUT2D eigenvalue weighted by Crippen LogP contribution is -2.48. The van der Waals surface area contributed by atoms with Crippen LogP contribution in [0.2, 0.25) is 0 Å². The molecule has 6 heteroatoms. The van der Waals surface area contributed by atoms with Gasteiger partial charge in [-0.25, -0.2) is 4.79 Å². The van der Waals surface area contributed by atoms with Crippen LogP contribution in [0.5, 0.6) is 5.75 Å². The Bertz CT molecular complexity index is 1180. The van der Waals surface area contributed by atoms with E-state index in [-0.39, 0.29) is 17.7 Å². The number of likely N-dealkylation sites (tertiary alicyclic amines) is 1. The van der Waals surface area contributed by atoms with Crippen LogP contribution in [0.4, 0.5) is 0 Å². The Labute approximate surface area is 219 Å². The largest absolute Gasteiger partial charge is 0.508 e. The average molecular weight is 501 g/mol. The maximum atomic E-state index is 13.7. The molecule has 1 aliphatic heterocycles. The number of phenols is 1. The second kappa shape index (κ2) is 12.1. The summed E-state index contributed by atoms with van der Waals surface area (Å²) in [4.78, 5) is 28.2. The van der Waals surface area contributed by atoms with E-state index in [2.05, 4.69) is 24.1 Å². The van der Waals surface area contributed by atoms with E-state index < -0.39 is 17.9 Å². The molecule has 6 nitrogen and oxygen atoms in total. The van der Waals surface area contributed by atoms with Crippen molar-refractivity contribution in [2.45, 2.75) is 38.8 Å². The molecule has 4 rings (SSSR count). The summed E-state index contributed by atoms with van der Waals surface area (Å²) >= 11 is 0. The third-order valence-electron chi connectivity index (χ3n) is 7.69. The number of nitrogens with one attached hydrogen (secondary N) is 1. The van der Waals surface area contributed by atoms with E-state index in [1.54, 1.807) is 30.3 Å². The number of rotatable bonds is 9. The van der Waals surface area contributed by atoms with Gasteiger partial charge in [-0.1, -0.05) is 86.6 Å². The van der Waals surface area contributed by atoms with E-state index in [9.17, 15) is 19.8 Å². The summed E-state index contributed by atoms with van der Waals surface area (Å²) in [5.41, 5.74) is 2.60. The monoisotopic (exact) mass is 500 g/mol. The van der Waals surface area contributed by atoms with E-state index in [1.165, 1.54) is 0 Å². The number of carboxylic acids is 1. The number of hydrogen-bond acceptors (Lipinski definition) is 4. The highest BCUT2D eigenvalue weighted by atomic mass is 16.4. The fourth-order valence-electron chi connectivity index (χ4n) is 5.46. The van der Waals surface area contributed by atoms with Crippen molar-refractivity contribution < 1.29 is 19.8 Å². The molecule has 5 atom stereocenters. The Morgan fingerprint density at radius 3 is 2.30 bits per heavy atom. The Balaban J connectivity index is 1.62. The van der Waals surface area contributed by atoms with Crippen LogP contribution in [0.3, 0.4) is 0 Å². The molecule has 194 valence electrons. The fourth-order valence-corrected chi connectivity index (χ4v) is 5.46. The number of phenolic OH excluding ortho intramolecular Hbond substituents is 1. The fraction of sp³-hybridized carbons (Fsp3) is 0.355. The number of aliphatic carboxylic acids is 1. The smallest absolute Gasteiger partial charge is 0.330 e. The van der Waals surface area contributed by atoms with Crippen molar-refractivity contribution >= 4 is 11.9 Å². The molecule has 1 fully saturated rings. The van der Waals surface area contributed by atoms with Gasteiger partial charge in [0.2, 0.25) is 5.91 Å². The predicted molar refractivity (Wildman–Crippen MR) is 144 cm³/mol. The zero-order valence-corrected chi connectivity index (χ0v) is 21.5. The molecule has 0 aromatic heterocycles. The summed E-state index contributed by atoms with van der Waals surface area (Å²) in [6.07, 6.45) is 1.51. The van der Waals surface area contributed by atoms with Crippen LogP contribution in [-0.4, -0.2) is 40.1 Å². The molecule has 0 aliphatic carbocycles. The lowest BCUT2D eigenvalue weighted by Gasteiger charge is -2.45. The van der Waals surface area contributed by atoms with Gasteiger partial charge in [0, 0.05) is 12.6 Å². The zero-order valence-electron chi connectivity index (χ0n) is 21.5. The first kappa shape index (κ1) is 26.4. The van der Waals surface area contributed by atoms with Gasteiger partial charge >= 0.3 is 5.97 Å². The highest BCUT2D eigenvalue weighted by molar-refractivity contribution is 5.86. The predicted octanol–water partition coefficient (Wildman–Crippen LogP) is 5.21. The van der Waals surface area contributed by atoms with Crippen LogP contribution in [0.1, 0.15) is 49.0 Å². The van der Waals surface area contributed by atoms with Crippen LogP contribution in [-0.2, 0) is 16.0 Å². The van der Waals surface area contributed by atoms with Crippen LogP contribution < -0.4 is 5.32 Å². The summed E-state index contributed by atoms with van der Waals surface area (Å²) < 4.78 is 0. The van der Waals surface area contributed by atoms with Crippen molar-refractivity contribution in [1.82, 2.24) is 10.2 Å². The number of carboxylic acid groups (broad SMARTS) is 1. The lowest BCUT2D eigenvalue weighted by molar-refractivity contribution is -0.143. The Kier molecular flexibility index (Phi) is 8.62. The summed E-state index contributed by atoms with van der Waals surface area (Å²) in [7, 11) is 0. The molecular formula is C31H36N2O4. The number of hydrogen-bond donors (Lipinski definition) is 3. The summed E-state index contributed by atoms with van der Waals surface area (Å²) in [6.45, 7) is 5.79. The lowest BCUT2D eigenvalue weighted by atomic mass is 9.78. The second-order valence-corrected chi connectivity index (χ2v) is 10.2. The number of carbonyl (C=O) groups is 2. The first-order valence-electron chi connectivity index (χ1n) is 13.0. The molecule has 0 bridgehead atoms. The Morgan fingerprint density at radius 1 is 0.973 bits per heavy atom. The SMILES string of the molecule is C[C@@H]1[C@H](C)CCN(C[C@H](Cc2ccccc2)C(=O)NC(C(=O)O)c2ccccc2)[C@H]1c1cccc(O)c1. The van der Waals surface area contributed by atoms with Gasteiger partial charge in [0.1, 0.15) is 5.75 Å². The molecule has 0 saturated carbocycles. The standard InChI is InChI=1S/C31H36N2O4/c1-21-16-17-33(29(22(21)2)25-14-9-15-27(34)19-25)20-26(18-23-10-5-3-6-11-23)30(35)32-28(31(36)37)24-12-7-4-8-13-24/h3-15,19,21-22,26,28-29,34H,16-18,20H2,1-2H3,(H,32,35)(H,36,37)/t21-,22-,26+,28?,29-/m1/s1. The number of aromatic hydroxyl groups is 1. The molecule has 1 saturated heterocycles. The minimum Gasteiger partial charge on any atom is -0.508 e. The van der Waals surface area contributed by atoms with Gasteiger partial charge < -0.3 is 15.5 Å². The number of amides is 1. The third-order valence-corrected chi connectivity index (χ3v) is 7.69. The van der Waals surface area contributed by atoms with Gasteiger partial charge in [-0.15, -0.1) is 0 Å². The quantitative estimate of drug-likeness (QED) is 0.375. The van der Waals surface area contributed by atoms with Crippen molar-refractivity contribution in [3.05, 3.63) is 102 Å². The van der Waals surface area contributed by atoms with Gasteiger partial charge in [0.25, 0.3) is 0 Å². The summed E-state index contributed by atoms with van der Waals surface area (Å²) in [5.74, 6) is -0.759. The minimum absolute atomic E-state index is 0.0475. The van der Waals surface area contributed by atoms with Crippen molar-refractivity contribution in [3.8, 4) is 5.75 Å². The van der Waals surface area contributed by atoms with Crippen molar-refractivity contribution in [2.75, 3.05) is 13.1 Å². The van der Waals surface area contributed by atoms with Gasteiger partial charge in [-0.05, 0) is 60.0 Å². The molecule has 3 aromatic carbocycles. The first-order valence-corrected chi connectivity index (χ1v) is 13.0. The molecule has 1 unspecified atom stereocenters. The number of nitrogens with zero attached hydrogens (tertiary/aromatic N) is 1. The van der Waals surface area contributed by atoms with Crippen LogP contribution in [0, 0.1) is 17.8 Å². The molecule has 3 aromatic rings. The number of carbonyl (C=O) groups excluding carboxylic acids is 1. The molecule has 1 heterocycles. The normalized spacial score (nSPS) is 21.6. The highest BCUT2D eigenvalue weighted by Crippen LogP contribution is 2.40. The maximum Gasteiger partial charge on any atom is 0.330 e. The second-order valence-electron chi connectivity index (χ2n) is 10.2. The Morgan fingerprint density at radius 2 is 1.65 bits per heavy atom. The highest BCUT2D eigenvalue weighted by Gasteiger charge is 2.37. The summed E-state index contributed by atoms with van der Waals surface area (Å²) in [5, 5.41) is 22.9.